The van der Waals surface area contributed by atoms with Crippen molar-refractivity contribution in [3.05, 3.63) is 66.7 Å². The van der Waals surface area contributed by atoms with Crippen molar-refractivity contribution in [2.45, 2.75) is 17.7 Å². The second-order valence-corrected chi connectivity index (χ2v) is 9.39. The molecule has 1 aromatic carbocycles. The van der Waals surface area contributed by atoms with Crippen molar-refractivity contribution in [3.63, 3.8) is 0 Å². The van der Waals surface area contributed by atoms with Gasteiger partial charge in [0.15, 0.2) is 11.4 Å². The molecule has 1 fully saturated rings. The Labute approximate surface area is 190 Å². The Morgan fingerprint density at radius 3 is 2.42 bits per heavy atom. The molecule has 12 heteroatoms. The van der Waals surface area contributed by atoms with Crippen molar-refractivity contribution in [1.29, 1.82) is 0 Å². The summed E-state index contributed by atoms with van der Waals surface area (Å²) in [6.45, 7) is 0.344. The van der Waals surface area contributed by atoms with E-state index in [2.05, 4.69) is 20.9 Å². The third kappa shape index (κ3) is 4.86. The van der Waals surface area contributed by atoms with Crippen LogP contribution in [0.4, 0.5) is 0 Å². The zero-order valence-corrected chi connectivity index (χ0v) is 18.3. The fraction of sp³-hybridized carbons (Fsp3) is 0.238. The number of nitrogens with one attached hydrogen (secondary N) is 2. The van der Waals surface area contributed by atoms with E-state index < -0.39 is 27.8 Å². The first kappa shape index (κ1) is 22.4. The van der Waals surface area contributed by atoms with Gasteiger partial charge in [0.2, 0.25) is 15.9 Å². The van der Waals surface area contributed by atoms with Crippen molar-refractivity contribution >= 4 is 21.8 Å². The van der Waals surface area contributed by atoms with Gasteiger partial charge in [0.05, 0.1) is 11.9 Å². The van der Waals surface area contributed by atoms with Gasteiger partial charge in [-0.05, 0) is 37.1 Å². The van der Waals surface area contributed by atoms with Gasteiger partial charge < -0.3 is 5.11 Å². The van der Waals surface area contributed by atoms with Gasteiger partial charge in [0.1, 0.15) is 4.90 Å². The number of aromatic nitrogens is 3. The number of benzene rings is 1. The average Bonchev–Trinajstić information content (AvgIpc) is 3.25. The summed E-state index contributed by atoms with van der Waals surface area (Å²) in [6.07, 6.45) is 4.68. The van der Waals surface area contributed by atoms with E-state index in [9.17, 15) is 23.1 Å². The molecule has 3 heterocycles. The second-order valence-electron chi connectivity index (χ2n) is 7.45. The number of amides is 2. The molecule has 0 atom stereocenters. The molecule has 2 aromatic heterocycles. The van der Waals surface area contributed by atoms with E-state index in [0.717, 1.165) is 0 Å². The predicted octanol–water partition coefficient (Wildman–Crippen LogP) is 0.835. The highest BCUT2D eigenvalue weighted by Gasteiger charge is 2.32. The molecule has 3 aromatic rings. The van der Waals surface area contributed by atoms with Crippen molar-refractivity contribution < 1.29 is 23.1 Å². The van der Waals surface area contributed by atoms with Gasteiger partial charge in [-0.15, -0.1) is 0 Å². The molecule has 11 nitrogen and oxygen atoms in total. The van der Waals surface area contributed by atoms with E-state index >= 15 is 0 Å². The van der Waals surface area contributed by atoms with Crippen molar-refractivity contribution in [2.24, 2.45) is 5.92 Å². The van der Waals surface area contributed by atoms with Crippen LogP contribution in [0.5, 0.6) is 5.75 Å². The minimum Gasteiger partial charge on any atom is -0.504 e. The summed E-state index contributed by atoms with van der Waals surface area (Å²) in [5.41, 5.74) is 5.01. The lowest BCUT2D eigenvalue weighted by Crippen LogP contribution is -2.48. The van der Waals surface area contributed by atoms with Crippen LogP contribution >= 0.6 is 0 Å². The first-order valence-corrected chi connectivity index (χ1v) is 11.6. The Morgan fingerprint density at radius 2 is 1.76 bits per heavy atom. The number of aromatic hydroxyl groups is 1. The maximum absolute atomic E-state index is 12.7. The number of hydrogen-bond donors (Lipinski definition) is 3. The third-order valence-electron chi connectivity index (χ3n) is 5.33. The molecule has 0 bridgehead atoms. The normalized spacial score (nSPS) is 15.2. The molecule has 1 aliphatic rings. The Morgan fingerprint density at radius 1 is 1.03 bits per heavy atom. The lowest BCUT2D eigenvalue weighted by Gasteiger charge is -2.30. The van der Waals surface area contributed by atoms with Crippen LogP contribution in [0.2, 0.25) is 0 Å². The molecule has 0 spiro atoms. The highest BCUT2D eigenvalue weighted by molar-refractivity contribution is 7.89. The first-order chi connectivity index (χ1) is 15.9. The maximum Gasteiger partial charge on any atom is 0.294 e. The monoisotopic (exact) mass is 470 g/mol. The number of rotatable bonds is 5. The lowest BCUT2D eigenvalue weighted by atomic mass is 9.98. The van der Waals surface area contributed by atoms with Crippen molar-refractivity contribution in [3.8, 4) is 11.4 Å². The van der Waals surface area contributed by atoms with Crippen LogP contribution in [0.1, 0.15) is 23.3 Å². The summed E-state index contributed by atoms with van der Waals surface area (Å²) in [7, 11) is -3.67. The quantitative estimate of drug-likeness (QED) is 0.468. The number of sulfonamides is 1. The molecule has 0 aliphatic carbocycles. The van der Waals surface area contributed by atoms with Crippen LogP contribution in [0.15, 0.2) is 66.0 Å². The molecule has 4 rings (SSSR count). The van der Waals surface area contributed by atoms with Gasteiger partial charge in [-0.3, -0.25) is 25.4 Å². The fourth-order valence-electron chi connectivity index (χ4n) is 3.53. The van der Waals surface area contributed by atoms with Crippen molar-refractivity contribution in [1.82, 2.24) is 29.9 Å². The van der Waals surface area contributed by atoms with Crippen LogP contribution in [0, 0.1) is 5.92 Å². The van der Waals surface area contributed by atoms with Gasteiger partial charge in [-0.1, -0.05) is 18.2 Å². The number of piperidine rings is 1. The molecule has 172 valence electrons. The van der Waals surface area contributed by atoms with Gasteiger partial charge in [0.25, 0.3) is 5.91 Å². The van der Waals surface area contributed by atoms with Crippen molar-refractivity contribution in [2.75, 3.05) is 13.1 Å². The second kappa shape index (κ2) is 9.38. The number of hydrazine groups is 1. The Balaban J connectivity index is 1.31. The zero-order chi connectivity index (χ0) is 23.4. The number of carbonyl (C=O) groups is 2. The standard InChI is InChI=1S/C21H22N6O5S/c28-18-14-27(16-5-2-1-3-6-16)25-19(18)21(30)24-23-20(29)15-8-11-26(12-9-15)33(31,32)17-7-4-10-22-13-17/h1-7,10,13-15,28H,8-9,11-12H2,(H,23,29)(H,24,30). The number of hydrogen-bond acceptors (Lipinski definition) is 7. The van der Waals surface area contributed by atoms with E-state index in [1.54, 1.807) is 30.3 Å². The maximum atomic E-state index is 12.7. The number of pyridine rings is 1. The van der Waals surface area contributed by atoms with Gasteiger partial charge >= 0.3 is 0 Å². The van der Waals surface area contributed by atoms with Crippen LogP contribution < -0.4 is 10.9 Å². The number of para-hydroxylation sites is 1. The summed E-state index contributed by atoms with van der Waals surface area (Å²) in [4.78, 5) is 28.8. The topological polar surface area (TPSA) is 147 Å². The van der Waals surface area contributed by atoms with Crippen LogP contribution in [-0.2, 0) is 14.8 Å². The minimum absolute atomic E-state index is 0.106. The SMILES string of the molecule is O=C(NNC(=O)C1CCN(S(=O)(=O)c2cccnc2)CC1)c1nn(-c2ccccc2)cc1O. The van der Waals surface area contributed by atoms with E-state index in [1.807, 2.05) is 6.07 Å². The largest absolute Gasteiger partial charge is 0.504 e. The molecule has 1 aliphatic heterocycles. The molecule has 0 saturated carbocycles. The molecular formula is C21H22N6O5S. The average molecular weight is 471 g/mol. The molecule has 2 amide bonds. The van der Waals surface area contributed by atoms with Gasteiger partial charge in [-0.25, -0.2) is 13.1 Å². The summed E-state index contributed by atoms with van der Waals surface area (Å²) in [5.74, 6) is -2.02. The zero-order valence-electron chi connectivity index (χ0n) is 17.5. The molecule has 33 heavy (non-hydrogen) atoms. The van der Waals surface area contributed by atoms with Crippen LogP contribution in [-0.4, -0.2) is 57.5 Å². The Bertz CT molecular complexity index is 1240. The highest BCUT2D eigenvalue weighted by Crippen LogP contribution is 2.23. The highest BCUT2D eigenvalue weighted by atomic mass is 32.2. The predicted molar refractivity (Wildman–Crippen MR) is 117 cm³/mol. The van der Waals surface area contributed by atoms with Gasteiger partial charge in [0, 0.05) is 31.4 Å². The first-order valence-electron chi connectivity index (χ1n) is 10.2. The molecule has 1 saturated heterocycles. The number of carbonyl (C=O) groups excluding carboxylic acids is 2. The van der Waals surface area contributed by atoms with E-state index in [1.165, 1.54) is 33.6 Å². The fourth-order valence-corrected chi connectivity index (χ4v) is 4.96. The Kier molecular flexibility index (Phi) is 6.38. The summed E-state index contributed by atoms with van der Waals surface area (Å²) >= 11 is 0. The van der Waals surface area contributed by atoms with E-state index in [0.29, 0.717) is 18.5 Å². The minimum atomic E-state index is -3.67. The molecule has 0 unspecified atom stereocenters. The smallest absolute Gasteiger partial charge is 0.294 e. The van der Waals surface area contributed by atoms with E-state index in [-0.39, 0.29) is 29.4 Å². The lowest BCUT2D eigenvalue weighted by molar-refractivity contribution is -0.126. The third-order valence-corrected chi connectivity index (χ3v) is 7.21. The summed E-state index contributed by atoms with van der Waals surface area (Å²) < 4.78 is 28.0. The Hall–Kier alpha value is -3.77. The molecule has 3 N–H and O–H groups in total. The van der Waals surface area contributed by atoms with Crippen LogP contribution in [0.25, 0.3) is 5.69 Å². The molecule has 0 radical (unpaired) electrons. The van der Waals surface area contributed by atoms with Crippen LogP contribution in [0.3, 0.4) is 0 Å². The summed E-state index contributed by atoms with van der Waals surface area (Å²) in [5, 5.41) is 14.1. The van der Waals surface area contributed by atoms with E-state index in [4.69, 9.17) is 0 Å². The van der Waals surface area contributed by atoms with Gasteiger partial charge in [-0.2, -0.15) is 9.40 Å². The number of nitrogens with zero attached hydrogens (tertiary/aromatic N) is 4. The summed E-state index contributed by atoms with van der Waals surface area (Å²) in [6, 6.07) is 12.0. The molecular weight excluding hydrogens is 448 g/mol.